The molecule has 0 radical (unpaired) electrons. The number of rotatable bonds is 3. The molecule has 0 aromatic carbocycles. The second-order valence-electron chi connectivity index (χ2n) is 7.12. The van der Waals surface area contributed by atoms with Crippen molar-refractivity contribution in [1.82, 2.24) is 10.2 Å². The van der Waals surface area contributed by atoms with Crippen molar-refractivity contribution in [1.29, 1.82) is 0 Å². The number of hydrogen-bond donors (Lipinski definition) is 1. The van der Waals surface area contributed by atoms with E-state index in [1.165, 1.54) is 19.3 Å². The van der Waals surface area contributed by atoms with Gasteiger partial charge in [-0.15, -0.1) is 0 Å². The van der Waals surface area contributed by atoms with Gasteiger partial charge in [0.25, 0.3) is 0 Å². The lowest BCUT2D eigenvalue weighted by Crippen LogP contribution is -2.64. The summed E-state index contributed by atoms with van der Waals surface area (Å²) in [5, 5.41) is 2.90. The molecule has 4 fully saturated rings. The van der Waals surface area contributed by atoms with E-state index in [1.54, 1.807) is 0 Å². The number of hydrogen-bond acceptors (Lipinski definition) is 2. The van der Waals surface area contributed by atoms with Gasteiger partial charge < -0.3 is 10.2 Å². The van der Waals surface area contributed by atoms with E-state index < -0.39 is 0 Å². The van der Waals surface area contributed by atoms with Crippen LogP contribution in [0.15, 0.2) is 0 Å². The van der Waals surface area contributed by atoms with Crippen LogP contribution in [0.25, 0.3) is 0 Å². The Labute approximate surface area is 120 Å². The number of nitrogens with one attached hydrogen (secondary N) is 1. The zero-order chi connectivity index (χ0) is 14.0. The van der Waals surface area contributed by atoms with Gasteiger partial charge in [-0.3, -0.25) is 9.59 Å². The molecule has 6 unspecified atom stereocenters. The van der Waals surface area contributed by atoms with Gasteiger partial charge in [0.15, 0.2) is 0 Å². The summed E-state index contributed by atoms with van der Waals surface area (Å²) >= 11 is 0. The quantitative estimate of drug-likeness (QED) is 0.850. The van der Waals surface area contributed by atoms with E-state index in [0.717, 1.165) is 30.1 Å². The van der Waals surface area contributed by atoms with E-state index in [0.29, 0.717) is 12.5 Å². The van der Waals surface area contributed by atoms with Crippen molar-refractivity contribution < 1.29 is 9.59 Å². The molecular weight excluding hydrogens is 252 g/mol. The Balaban J connectivity index is 1.61. The molecule has 2 amide bonds. The van der Waals surface area contributed by atoms with Crippen LogP contribution in [0.1, 0.15) is 46.0 Å². The maximum Gasteiger partial charge on any atom is 0.246 e. The van der Waals surface area contributed by atoms with Gasteiger partial charge in [-0.25, -0.2) is 0 Å². The van der Waals surface area contributed by atoms with Gasteiger partial charge in [0, 0.05) is 6.04 Å². The number of carbonyl (C=O) groups is 2. The molecule has 3 saturated carbocycles. The minimum Gasteiger partial charge on any atom is -0.343 e. The van der Waals surface area contributed by atoms with Crippen molar-refractivity contribution in [3.05, 3.63) is 0 Å². The molecule has 1 heterocycles. The lowest BCUT2D eigenvalue weighted by Gasteiger charge is -2.40. The number of amides is 2. The lowest BCUT2D eigenvalue weighted by atomic mass is 9.99. The van der Waals surface area contributed by atoms with E-state index in [2.05, 4.69) is 5.32 Å². The van der Waals surface area contributed by atoms with Crippen LogP contribution in [0, 0.1) is 23.7 Å². The van der Waals surface area contributed by atoms with Gasteiger partial charge in [-0.2, -0.15) is 0 Å². The van der Waals surface area contributed by atoms with Crippen LogP contribution in [0.4, 0.5) is 0 Å². The second-order valence-corrected chi connectivity index (χ2v) is 7.12. The van der Waals surface area contributed by atoms with Gasteiger partial charge in [0.1, 0.15) is 12.1 Å². The highest BCUT2D eigenvalue weighted by atomic mass is 16.2. The normalized spacial score (nSPS) is 49.3. The summed E-state index contributed by atoms with van der Waals surface area (Å²) in [6.07, 6.45) is 5.52. The lowest BCUT2D eigenvalue weighted by molar-refractivity contribution is -0.151. The summed E-state index contributed by atoms with van der Waals surface area (Å²) in [6.45, 7) is 3.99. The molecule has 3 aliphatic carbocycles. The van der Waals surface area contributed by atoms with Gasteiger partial charge in [-0.1, -0.05) is 13.8 Å². The molecule has 2 bridgehead atoms. The standard InChI is InChI=1S/C16H24N2O2/c1-3-10-16(20)18(11(4-2)15(19)17-10)14-12-8-5-6-9(7-8)13(12)14/h8-14H,3-7H2,1-2H3,(H,17,19). The molecule has 4 heteroatoms. The predicted octanol–water partition coefficient (Wildman–Crippen LogP) is 1.55. The second kappa shape index (κ2) is 4.22. The fraction of sp³-hybridized carbons (Fsp3) is 0.875. The largest absolute Gasteiger partial charge is 0.343 e. The highest BCUT2D eigenvalue weighted by molar-refractivity contribution is 5.97. The summed E-state index contributed by atoms with van der Waals surface area (Å²) in [4.78, 5) is 27.0. The molecule has 20 heavy (non-hydrogen) atoms. The van der Waals surface area contributed by atoms with Crippen LogP contribution in [0.2, 0.25) is 0 Å². The Morgan fingerprint density at radius 1 is 1.10 bits per heavy atom. The highest BCUT2D eigenvalue weighted by Crippen LogP contribution is 2.67. The SMILES string of the molecule is CCC1NC(=O)C(CC)N(C2C3C4CCC(C4)C32)C1=O. The Kier molecular flexibility index (Phi) is 2.67. The summed E-state index contributed by atoms with van der Waals surface area (Å²) in [5.74, 6) is 3.36. The first kappa shape index (κ1) is 12.7. The van der Waals surface area contributed by atoms with Crippen LogP contribution < -0.4 is 5.32 Å². The third kappa shape index (κ3) is 1.48. The van der Waals surface area contributed by atoms with E-state index in [1.807, 2.05) is 18.7 Å². The van der Waals surface area contributed by atoms with Crippen LogP contribution in [0.5, 0.6) is 0 Å². The molecule has 4 nitrogen and oxygen atoms in total. The zero-order valence-electron chi connectivity index (χ0n) is 12.3. The van der Waals surface area contributed by atoms with Crippen LogP contribution in [-0.4, -0.2) is 34.8 Å². The Morgan fingerprint density at radius 3 is 2.30 bits per heavy atom. The van der Waals surface area contributed by atoms with E-state index >= 15 is 0 Å². The Hall–Kier alpha value is -1.06. The molecule has 0 spiro atoms. The summed E-state index contributed by atoms with van der Waals surface area (Å²) < 4.78 is 0. The molecule has 4 rings (SSSR count). The Morgan fingerprint density at radius 2 is 1.75 bits per heavy atom. The molecular formula is C16H24N2O2. The third-order valence-corrected chi connectivity index (χ3v) is 6.32. The smallest absolute Gasteiger partial charge is 0.246 e. The topological polar surface area (TPSA) is 49.4 Å². The molecule has 0 aromatic heterocycles. The summed E-state index contributed by atoms with van der Waals surface area (Å²) in [5.41, 5.74) is 0. The molecule has 4 aliphatic rings. The molecule has 1 aliphatic heterocycles. The van der Waals surface area contributed by atoms with Crippen molar-refractivity contribution >= 4 is 11.8 Å². The average molecular weight is 276 g/mol. The third-order valence-electron chi connectivity index (χ3n) is 6.32. The summed E-state index contributed by atoms with van der Waals surface area (Å²) in [6, 6.07) is -0.122. The van der Waals surface area contributed by atoms with Gasteiger partial charge in [0.2, 0.25) is 11.8 Å². The van der Waals surface area contributed by atoms with Crippen LogP contribution in [-0.2, 0) is 9.59 Å². The molecule has 110 valence electrons. The number of fused-ring (bicyclic) bond motifs is 5. The molecule has 1 saturated heterocycles. The van der Waals surface area contributed by atoms with E-state index in [9.17, 15) is 9.59 Å². The Bertz CT molecular complexity index is 447. The van der Waals surface area contributed by atoms with Gasteiger partial charge >= 0.3 is 0 Å². The summed E-state index contributed by atoms with van der Waals surface area (Å²) in [7, 11) is 0. The first-order valence-electron chi connectivity index (χ1n) is 8.29. The predicted molar refractivity (Wildman–Crippen MR) is 74.7 cm³/mol. The monoisotopic (exact) mass is 276 g/mol. The number of carbonyl (C=O) groups excluding carboxylic acids is 2. The molecule has 0 aromatic rings. The maximum atomic E-state index is 12.7. The van der Waals surface area contributed by atoms with Gasteiger partial charge in [-0.05, 0) is 55.8 Å². The zero-order valence-corrected chi connectivity index (χ0v) is 12.3. The maximum absolute atomic E-state index is 12.7. The van der Waals surface area contributed by atoms with E-state index in [-0.39, 0.29) is 23.9 Å². The fourth-order valence-corrected chi connectivity index (χ4v) is 5.45. The number of nitrogens with zero attached hydrogens (tertiary/aromatic N) is 1. The molecule has 1 N–H and O–H groups in total. The average Bonchev–Trinajstić information content (AvgIpc) is 2.86. The van der Waals surface area contributed by atoms with E-state index in [4.69, 9.17) is 0 Å². The number of piperazine rings is 1. The fourth-order valence-electron chi connectivity index (χ4n) is 5.45. The van der Waals surface area contributed by atoms with Crippen molar-refractivity contribution in [3.63, 3.8) is 0 Å². The minimum atomic E-state index is -0.288. The van der Waals surface area contributed by atoms with Crippen LogP contribution >= 0.6 is 0 Å². The van der Waals surface area contributed by atoms with Crippen LogP contribution in [0.3, 0.4) is 0 Å². The highest BCUT2D eigenvalue weighted by Gasteiger charge is 2.69. The first-order chi connectivity index (χ1) is 9.67. The minimum absolute atomic E-state index is 0.0660. The van der Waals surface area contributed by atoms with Gasteiger partial charge in [0.05, 0.1) is 0 Å². The first-order valence-corrected chi connectivity index (χ1v) is 8.29. The van der Waals surface area contributed by atoms with Crippen molar-refractivity contribution in [2.45, 2.75) is 64.1 Å². The van der Waals surface area contributed by atoms with Crippen molar-refractivity contribution in [2.75, 3.05) is 0 Å². The molecule has 6 atom stereocenters. The van der Waals surface area contributed by atoms with Crippen molar-refractivity contribution in [2.24, 2.45) is 23.7 Å². The van der Waals surface area contributed by atoms with Crippen molar-refractivity contribution in [3.8, 4) is 0 Å².